The third-order valence-electron chi connectivity index (χ3n) is 3.34. The van der Waals surface area contributed by atoms with E-state index in [1.54, 1.807) is 12.3 Å². The minimum atomic E-state index is -0.632. The summed E-state index contributed by atoms with van der Waals surface area (Å²) in [4.78, 5) is 23.5. The Morgan fingerprint density at radius 3 is 2.67 bits per heavy atom. The van der Waals surface area contributed by atoms with Crippen molar-refractivity contribution in [1.29, 1.82) is 0 Å². The molecule has 2 aromatic heterocycles. The van der Waals surface area contributed by atoms with Gasteiger partial charge in [0.2, 0.25) is 0 Å². The number of carbonyl (C=O) groups is 1. The number of pyridine rings is 2. The molecule has 0 saturated carbocycles. The number of hydrogen-bond acceptors (Lipinski definition) is 3. The minimum Gasteiger partial charge on any atom is -0.370 e. The number of hydrogen-bond donors (Lipinski definition) is 2. The molecule has 0 aliphatic rings. The molecule has 2 heterocycles. The van der Waals surface area contributed by atoms with Gasteiger partial charge in [-0.2, -0.15) is 4.99 Å². The quantitative estimate of drug-likeness (QED) is 0.549. The number of aliphatic imine (C=N–C) groups is 1. The molecule has 3 rings (SSSR count). The summed E-state index contributed by atoms with van der Waals surface area (Å²) in [6.45, 7) is 0. The molecular weight excluding hydrogens is 333 g/mol. The standard InChI is InChI=1S/C16H11ClFN5O/c17-12-6-21-4-3-10(12)14-11-5-8(15(24)23-16(19)20)1-2-9(11)13(18)7-22-14/h1-7H,(H4,19,20,23,24). The van der Waals surface area contributed by atoms with E-state index in [4.69, 9.17) is 23.1 Å². The third-order valence-corrected chi connectivity index (χ3v) is 3.65. The number of fused-ring (bicyclic) bond motifs is 1. The van der Waals surface area contributed by atoms with Gasteiger partial charge in [-0.15, -0.1) is 0 Å². The lowest BCUT2D eigenvalue weighted by Gasteiger charge is -2.09. The topological polar surface area (TPSA) is 107 Å². The Balaban J connectivity index is 2.27. The predicted molar refractivity (Wildman–Crippen MR) is 90.1 cm³/mol. The molecule has 0 saturated heterocycles. The number of amides is 1. The summed E-state index contributed by atoms with van der Waals surface area (Å²) in [6, 6.07) is 6.05. The Morgan fingerprint density at radius 1 is 1.17 bits per heavy atom. The van der Waals surface area contributed by atoms with Crippen LogP contribution in [-0.2, 0) is 0 Å². The first-order chi connectivity index (χ1) is 11.5. The van der Waals surface area contributed by atoms with Crippen LogP contribution in [-0.4, -0.2) is 21.8 Å². The first kappa shape index (κ1) is 15.8. The van der Waals surface area contributed by atoms with E-state index in [9.17, 15) is 9.18 Å². The highest BCUT2D eigenvalue weighted by Crippen LogP contribution is 2.32. The van der Waals surface area contributed by atoms with E-state index in [1.807, 2.05) is 0 Å². The van der Waals surface area contributed by atoms with Crippen molar-refractivity contribution >= 4 is 34.2 Å². The Morgan fingerprint density at radius 2 is 1.96 bits per heavy atom. The van der Waals surface area contributed by atoms with Crippen molar-refractivity contribution in [2.24, 2.45) is 16.5 Å². The van der Waals surface area contributed by atoms with Crippen LogP contribution in [0.15, 0.2) is 47.8 Å². The molecule has 4 N–H and O–H groups in total. The summed E-state index contributed by atoms with van der Waals surface area (Å²) in [5.74, 6) is -1.50. The van der Waals surface area contributed by atoms with Gasteiger partial charge in [0, 0.05) is 34.3 Å². The summed E-state index contributed by atoms with van der Waals surface area (Å²) in [6.07, 6.45) is 4.11. The molecule has 0 radical (unpaired) electrons. The van der Waals surface area contributed by atoms with Gasteiger partial charge in [0.1, 0.15) is 5.82 Å². The average molecular weight is 344 g/mol. The number of rotatable bonds is 2. The van der Waals surface area contributed by atoms with Gasteiger partial charge >= 0.3 is 0 Å². The van der Waals surface area contributed by atoms with Crippen molar-refractivity contribution in [2.75, 3.05) is 0 Å². The van der Waals surface area contributed by atoms with Crippen LogP contribution in [0.4, 0.5) is 4.39 Å². The average Bonchev–Trinajstić information content (AvgIpc) is 2.55. The van der Waals surface area contributed by atoms with Crippen LogP contribution < -0.4 is 11.5 Å². The molecule has 1 amide bonds. The maximum absolute atomic E-state index is 14.1. The van der Waals surface area contributed by atoms with E-state index in [2.05, 4.69) is 15.0 Å². The predicted octanol–water partition coefficient (Wildman–Crippen LogP) is 2.50. The van der Waals surface area contributed by atoms with Gasteiger partial charge < -0.3 is 11.5 Å². The fourth-order valence-electron chi connectivity index (χ4n) is 2.31. The van der Waals surface area contributed by atoms with Crippen LogP contribution in [0.5, 0.6) is 0 Å². The molecule has 1 aromatic carbocycles. The Hall–Kier alpha value is -3.06. The second-order valence-electron chi connectivity index (χ2n) is 4.91. The van der Waals surface area contributed by atoms with E-state index in [0.29, 0.717) is 27.1 Å². The van der Waals surface area contributed by atoms with Gasteiger partial charge in [-0.05, 0) is 18.2 Å². The van der Waals surface area contributed by atoms with E-state index >= 15 is 0 Å². The molecule has 0 aliphatic heterocycles. The Bertz CT molecular complexity index is 985. The third kappa shape index (κ3) is 2.89. The van der Waals surface area contributed by atoms with E-state index in [-0.39, 0.29) is 11.5 Å². The molecule has 6 nitrogen and oxygen atoms in total. The van der Waals surface area contributed by atoms with Gasteiger partial charge in [0.05, 0.1) is 16.9 Å². The van der Waals surface area contributed by atoms with Crippen molar-refractivity contribution in [3.8, 4) is 11.3 Å². The molecular formula is C16H11ClFN5O. The van der Waals surface area contributed by atoms with Crippen LogP contribution in [0.2, 0.25) is 5.02 Å². The van der Waals surface area contributed by atoms with Gasteiger partial charge in [0.25, 0.3) is 5.91 Å². The van der Waals surface area contributed by atoms with E-state index in [1.165, 1.54) is 24.4 Å². The monoisotopic (exact) mass is 343 g/mol. The Labute approximate surface area is 141 Å². The number of aromatic nitrogens is 2. The summed E-state index contributed by atoms with van der Waals surface area (Å²) < 4.78 is 14.1. The highest BCUT2D eigenvalue weighted by Gasteiger charge is 2.14. The second-order valence-corrected chi connectivity index (χ2v) is 5.32. The van der Waals surface area contributed by atoms with Gasteiger partial charge in [-0.3, -0.25) is 14.8 Å². The van der Waals surface area contributed by atoms with Crippen LogP contribution in [0.1, 0.15) is 10.4 Å². The van der Waals surface area contributed by atoms with Crippen molar-refractivity contribution in [3.05, 3.63) is 59.3 Å². The molecule has 24 heavy (non-hydrogen) atoms. The zero-order valence-electron chi connectivity index (χ0n) is 12.2. The maximum Gasteiger partial charge on any atom is 0.280 e. The molecule has 3 aromatic rings. The van der Waals surface area contributed by atoms with Crippen molar-refractivity contribution < 1.29 is 9.18 Å². The van der Waals surface area contributed by atoms with Crippen LogP contribution in [0, 0.1) is 5.82 Å². The number of guanidine groups is 1. The van der Waals surface area contributed by atoms with Gasteiger partial charge in [-0.25, -0.2) is 4.39 Å². The molecule has 120 valence electrons. The van der Waals surface area contributed by atoms with Gasteiger partial charge in [-0.1, -0.05) is 17.7 Å². The molecule has 0 unspecified atom stereocenters. The Kier molecular flexibility index (Phi) is 4.09. The zero-order valence-corrected chi connectivity index (χ0v) is 13.0. The summed E-state index contributed by atoms with van der Waals surface area (Å²) in [5.41, 5.74) is 11.6. The lowest BCUT2D eigenvalue weighted by Crippen LogP contribution is -2.24. The highest BCUT2D eigenvalue weighted by molar-refractivity contribution is 6.33. The molecule has 0 fully saturated rings. The summed E-state index contributed by atoms with van der Waals surface area (Å²) in [7, 11) is 0. The van der Waals surface area contributed by atoms with Crippen LogP contribution in [0.25, 0.3) is 22.0 Å². The fraction of sp³-hybridized carbons (Fsp3) is 0. The van der Waals surface area contributed by atoms with Crippen LogP contribution in [0.3, 0.4) is 0 Å². The first-order valence-corrected chi connectivity index (χ1v) is 7.17. The van der Waals surface area contributed by atoms with Crippen molar-refractivity contribution in [1.82, 2.24) is 9.97 Å². The van der Waals surface area contributed by atoms with Crippen molar-refractivity contribution in [3.63, 3.8) is 0 Å². The number of nitrogens with two attached hydrogens (primary N) is 2. The SMILES string of the molecule is NC(N)=NC(=O)c1ccc2c(F)cnc(-c3ccncc3Cl)c2c1. The highest BCUT2D eigenvalue weighted by atomic mass is 35.5. The zero-order chi connectivity index (χ0) is 17.3. The second kappa shape index (κ2) is 6.21. The molecule has 0 aliphatic carbocycles. The van der Waals surface area contributed by atoms with E-state index < -0.39 is 11.7 Å². The van der Waals surface area contributed by atoms with E-state index in [0.717, 1.165) is 6.20 Å². The number of carbonyl (C=O) groups excluding carboxylic acids is 1. The summed E-state index contributed by atoms with van der Waals surface area (Å²) in [5, 5.41) is 1.08. The number of nitrogens with zero attached hydrogens (tertiary/aromatic N) is 3. The largest absolute Gasteiger partial charge is 0.370 e. The molecule has 0 bridgehead atoms. The number of halogens is 2. The smallest absolute Gasteiger partial charge is 0.280 e. The van der Waals surface area contributed by atoms with Gasteiger partial charge in [0.15, 0.2) is 5.96 Å². The normalized spacial score (nSPS) is 10.6. The van der Waals surface area contributed by atoms with Crippen molar-refractivity contribution in [2.45, 2.75) is 0 Å². The molecule has 8 heteroatoms. The lowest BCUT2D eigenvalue weighted by molar-refractivity contribution is 0.100. The minimum absolute atomic E-state index is 0.203. The lowest BCUT2D eigenvalue weighted by atomic mass is 10.0. The van der Waals surface area contributed by atoms with Crippen LogP contribution >= 0.6 is 11.6 Å². The number of benzene rings is 1. The maximum atomic E-state index is 14.1. The molecule has 0 atom stereocenters. The fourth-order valence-corrected chi connectivity index (χ4v) is 2.51. The molecule has 0 spiro atoms. The first-order valence-electron chi connectivity index (χ1n) is 6.79. The summed E-state index contributed by atoms with van der Waals surface area (Å²) >= 11 is 6.15.